The molecule has 1 aromatic rings. The number of aromatic nitrogens is 1. The Labute approximate surface area is 108 Å². The average Bonchev–Trinajstić information content (AvgIpc) is 2.43. The van der Waals surface area contributed by atoms with Gasteiger partial charge in [-0.15, -0.1) is 12.4 Å². The van der Waals surface area contributed by atoms with E-state index in [-0.39, 0.29) is 12.4 Å². The Morgan fingerprint density at radius 2 is 1.65 bits per heavy atom. The fourth-order valence-electron chi connectivity index (χ4n) is 0.946. The van der Waals surface area contributed by atoms with Gasteiger partial charge in [-0.3, -0.25) is 0 Å². The summed E-state index contributed by atoms with van der Waals surface area (Å²) in [5.41, 5.74) is -0.782. The summed E-state index contributed by atoms with van der Waals surface area (Å²) in [5.74, 6) is -1.63. The van der Waals surface area contributed by atoms with Gasteiger partial charge in [-0.1, -0.05) is 0 Å². The molecule has 0 saturated carbocycles. The number of aromatic carboxylic acids is 1. The molecule has 0 aliphatic heterocycles. The number of hydrogen-bond acceptors (Lipinski definition) is 7. The van der Waals surface area contributed by atoms with Crippen LogP contribution in [0.15, 0.2) is 9.24 Å². The molecule has 0 radical (unpaired) electrons. The molecule has 98 valence electrons. The topological polar surface area (TPSA) is 118 Å². The Morgan fingerprint density at radius 1 is 1.18 bits per heavy atom. The SMILES string of the molecule is CS(=O)(=O)c1nsc(S(C)(=O)=O)c1C(=O)O.Cl. The molecule has 1 aromatic heterocycles. The van der Waals surface area contributed by atoms with E-state index in [1.54, 1.807) is 0 Å². The van der Waals surface area contributed by atoms with Crippen LogP contribution in [0.4, 0.5) is 0 Å². The Kier molecular flexibility index (Phi) is 4.68. The lowest BCUT2D eigenvalue weighted by atomic mass is 10.4. The molecule has 1 rings (SSSR count). The zero-order chi connectivity index (χ0) is 12.7. The maximum Gasteiger partial charge on any atom is 0.340 e. The molecule has 7 nitrogen and oxygen atoms in total. The van der Waals surface area contributed by atoms with Crippen LogP contribution in [0.1, 0.15) is 10.4 Å². The van der Waals surface area contributed by atoms with Crippen molar-refractivity contribution in [1.29, 1.82) is 0 Å². The first-order valence-electron chi connectivity index (χ1n) is 3.68. The normalized spacial score (nSPS) is 11.9. The Bertz CT molecular complexity index is 594. The summed E-state index contributed by atoms with van der Waals surface area (Å²) in [6.07, 6.45) is 1.56. The lowest BCUT2D eigenvalue weighted by molar-refractivity contribution is 0.0689. The molecule has 1 N–H and O–H groups in total. The lowest BCUT2D eigenvalue weighted by Gasteiger charge is -1.97. The predicted octanol–water partition coefficient (Wildman–Crippen LogP) is 0.0701. The molecule has 17 heavy (non-hydrogen) atoms. The lowest BCUT2D eigenvalue weighted by Crippen LogP contribution is -2.10. The number of carboxylic acids is 1. The number of halogens is 1. The van der Waals surface area contributed by atoms with E-state index >= 15 is 0 Å². The highest BCUT2D eigenvalue weighted by Gasteiger charge is 2.31. The van der Waals surface area contributed by atoms with Gasteiger partial charge in [0.1, 0.15) is 5.56 Å². The third kappa shape index (κ3) is 3.37. The van der Waals surface area contributed by atoms with E-state index in [0.717, 1.165) is 12.5 Å². The molecule has 0 bridgehead atoms. The molecule has 0 unspecified atom stereocenters. The molecule has 0 amide bonds. The van der Waals surface area contributed by atoms with Crippen LogP contribution in [-0.4, -0.2) is 44.8 Å². The van der Waals surface area contributed by atoms with Crippen molar-refractivity contribution < 1.29 is 26.7 Å². The molecular formula is C6H8ClNO6S3. The summed E-state index contributed by atoms with van der Waals surface area (Å²) >= 11 is 0.340. The third-order valence-corrected chi connectivity index (χ3v) is 5.30. The Balaban J connectivity index is 0.00000256. The standard InChI is InChI=1S/C6H7NO6S3.ClH/c1-15(10,11)4-3(5(8)9)6(14-7-4)16(2,12)13;/h1-2H3,(H,8,9);1H. The fourth-order valence-corrected chi connectivity index (χ4v) is 4.03. The summed E-state index contributed by atoms with van der Waals surface area (Å²) in [4.78, 5) is 10.8. The van der Waals surface area contributed by atoms with E-state index < -0.39 is 40.4 Å². The van der Waals surface area contributed by atoms with Gasteiger partial charge < -0.3 is 5.11 Å². The van der Waals surface area contributed by atoms with Crippen LogP contribution >= 0.6 is 23.9 Å². The van der Waals surface area contributed by atoms with Crippen molar-refractivity contribution in [2.45, 2.75) is 9.24 Å². The van der Waals surface area contributed by atoms with E-state index in [1.165, 1.54) is 0 Å². The van der Waals surface area contributed by atoms with E-state index in [1.807, 2.05) is 0 Å². The first-order chi connectivity index (χ1) is 7.05. The average molecular weight is 322 g/mol. The largest absolute Gasteiger partial charge is 0.478 e. The molecule has 0 spiro atoms. The molecule has 0 fully saturated rings. The van der Waals surface area contributed by atoms with Gasteiger partial charge >= 0.3 is 5.97 Å². The number of carboxylic acid groups (broad SMARTS) is 1. The van der Waals surface area contributed by atoms with E-state index in [9.17, 15) is 21.6 Å². The predicted molar refractivity (Wildman–Crippen MR) is 62.5 cm³/mol. The van der Waals surface area contributed by atoms with Crippen molar-refractivity contribution in [3.63, 3.8) is 0 Å². The van der Waals surface area contributed by atoms with Crippen LogP contribution in [0.3, 0.4) is 0 Å². The number of carbonyl (C=O) groups is 1. The van der Waals surface area contributed by atoms with Gasteiger partial charge in [-0.2, -0.15) is 4.37 Å². The molecule has 11 heteroatoms. The summed E-state index contributed by atoms with van der Waals surface area (Å²) in [6.45, 7) is 0. The van der Waals surface area contributed by atoms with Crippen molar-refractivity contribution in [1.82, 2.24) is 4.37 Å². The number of rotatable bonds is 3. The van der Waals surface area contributed by atoms with Crippen LogP contribution in [0.2, 0.25) is 0 Å². The first-order valence-corrected chi connectivity index (χ1v) is 8.24. The number of sulfone groups is 2. The highest BCUT2D eigenvalue weighted by molar-refractivity contribution is 7.93. The minimum Gasteiger partial charge on any atom is -0.478 e. The van der Waals surface area contributed by atoms with Crippen LogP contribution in [0.25, 0.3) is 0 Å². The smallest absolute Gasteiger partial charge is 0.340 e. The van der Waals surface area contributed by atoms with Crippen molar-refractivity contribution in [3.05, 3.63) is 5.56 Å². The van der Waals surface area contributed by atoms with E-state index in [4.69, 9.17) is 5.11 Å². The number of nitrogens with zero attached hydrogens (tertiary/aromatic N) is 1. The molecule has 1 heterocycles. The second-order valence-electron chi connectivity index (χ2n) is 3.00. The number of hydrogen-bond donors (Lipinski definition) is 1. The zero-order valence-corrected chi connectivity index (χ0v) is 11.8. The van der Waals surface area contributed by atoms with Gasteiger partial charge in [0.2, 0.25) is 0 Å². The summed E-state index contributed by atoms with van der Waals surface area (Å²) in [5, 5.41) is 8.08. The van der Waals surface area contributed by atoms with Gasteiger partial charge in [-0.25, -0.2) is 21.6 Å². The summed E-state index contributed by atoms with van der Waals surface area (Å²) in [6, 6.07) is 0. The minimum absolute atomic E-state index is 0. The van der Waals surface area contributed by atoms with E-state index in [2.05, 4.69) is 4.37 Å². The van der Waals surface area contributed by atoms with Crippen molar-refractivity contribution >= 4 is 49.6 Å². The second kappa shape index (κ2) is 4.88. The van der Waals surface area contributed by atoms with Gasteiger partial charge in [0.25, 0.3) is 0 Å². The Morgan fingerprint density at radius 3 is 1.94 bits per heavy atom. The van der Waals surface area contributed by atoms with Crippen molar-refractivity contribution in [2.75, 3.05) is 12.5 Å². The quantitative estimate of drug-likeness (QED) is 0.836. The molecule has 0 saturated heterocycles. The fraction of sp³-hybridized carbons (Fsp3) is 0.333. The summed E-state index contributed by atoms with van der Waals surface area (Å²) in [7, 11) is -7.67. The highest BCUT2D eigenvalue weighted by Crippen LogP contribution is 2.27. The zero-order valence-electron chi connectivity index (χ0n) is 8.57. The summed E-state index contributed by atoms with van der Waals surface area (Å²) < 4.78 is 47.6. The van der Waals surface area contributed by atoms with Gasteiger partial charge in [0.05, 0.1) is 0 Å². The van der Waals surface area contributed by atoms with Gasteiger partial charge in [0, 0.05) is 12.5 Å². The maximum atomic E-state index is 11.2. The van der Waals surface area contributed by atoms with Crippen molar-refractivity contribution in [2.24, 2.45) is 0 Å². The monoisotopic (exact) mass is 321 g/mol. The first kappa shape index (κ1) is 16.3. The third-order valence-electron chi connectivity index (χ3n) is 1.53. The highest BCUT2D eigenvalue weighted by atomic mass is 35.5. The molecule has 0 aliphatic rings. The van der Waals surface area contributed by atoms with Crippen LogP contribution < -0.4 is 0 Å². The van der Waals surface area contributed by atoms with Crippen LogP contribution in [0, 0.1) is 0 Å². The minimum atomic E-state index is -3.86. The Hall–Kier alpha value is -0.710. The van der Waals surface area contributed by atoms with Crippen molar-refractivity contribution in [3.8, 4) is 0 Å². The van der Waals surface area contributed by atoms with Crippen LogP contribution in [-0.2, 0) is 19.7 Å². The second-order valence-corrected chi connectivity index (χ2v) is 7.92. The maximum absolute atomic E-state index is 11.2. The molecule has 0 aromatic carbocycles. The van der Waals surface area contributed by atoms with Gasteiger partial charge in [-0.05, 0) is 11.5 Å². The molecular weight excluding hydrogens is 314 g/mol. The van der Waals surface area contributed by atoms with E-state index in [0.29, 0.717) is 11.5 Å². The van der Waals surface area contributed by atoms with Gasteiger partial charge in [0.15, 0.2) is 28.9 Å². The molecule has 0 atom stereocenters. The van der Waals surface area contributed by atoms with Crippen LogP contribution in [0.5, 0.6) is 0 Å². The molecule has 0 aliphatic carbocycles.